The van der Waals surface area contributed by atoms with Crippen molar-refractivity contribution < 1.29 is 23.9 Å². The summed E-state index contributed by atoms with van der Waals surface area (Å²) in [4.78, 5) is 49.3. The van der Waals surface area contributed by atoms with Crippen molar-refractivity contribution in [2.24, 2.45) is 57.2 Å². The highest BCUT2D eigenvalue weighted by Gasteiger charge is 2.61. The zero-order valence-corrected chi connectivity index (χ0v) is 39.6. The highest BCUT2D eigenvalue weighted by molar-refractivity contribution is 5.90. The third kappa shape index (κ3) is 6.11. The van der Waals surface area contributed by atoms with Gasteiger partial charge in [-0.25, -0.2) is 9.97 Å². The minimum atomic E-state index is -0.911. The molecular weight excluding hydrogens is 821 g/mol. The molecule has 0 saturated heterocycles. The Balaban J connectivity index is 0.729. The zero-order chi connectivity index (χ0) is 45.4. The number of hydrogen-bond donors (Lipinski definition) is 0. The Morgan fingerprint density at radius 3 is 2.02 bits per heavy atom. The Morgan fingerprint density at radius 2 is 1.30 bits per heavy atom. The highest BCUT2D eigenvalue weighted by atomic mass is 16.6. The van der Waals surface area contributed by atoms with Crippen LogP contribution in [0.4, 0.5) is 0 Å². The summed E-state index contributed by atoms with van der Waals surface area (Å²) in [5.41, 5.74) is 9.66. The van der Waals surface area contributed by atoms with Gasteiger partial charge in [-0.2, -0.15) is 0 Å². The number of fused-ring (bicyclic) bond motifs is 12. The number of esters is 2. The van der Waals surface area contributed by atoms with Crippen LogP contribution in [0.3, 0.4) is 0 Å². The molecule has 0 bridgehead atoms. The topological polar surface area (TPSA) is 105 Å². The van der Waals surface area contributed by atoms with E-state index in [1.807, 2.05) is 30.9 Å². The summed E-state index contributed by atoms with van der Waals surface area (Å²) >= 11 is 0. The van der Waals surface area contributed by atoms with Crippen LogP contribution in [0, 0.1) is 57.2 Å². The molecule has 0 N–H and O–H groups in total. The zero-order valence-electron chi connectivity index (χ0n) is 39.6. The number of ether oxygens (including phenoxy) is 2. The van der Waals surface area contributed by atoms with Crippen LogP contribution in [-0.2, 0) is 23.9 Å². The number of carbonyl (C=O) groups excluding carboxylic acids is 3. The maximum absolute atomic E-state index is 14.2. The van der Waals surface area contributed by atoms with E-state index < -0.39 is 5.60 Å². The van der Waals surface area contributed by atoms with Gasteiger partial charge >= 0.3 is 11.9 Å². The van der Waals surface area contributed by atoms with E-state index in [0.29, 0.717) is 48.3 Å². The quantitative estimate of drug-likeness (QED) is 0.103. The van der Waals surface area contributed by atoms with Gasteiger partial charge in [0.25, 0.3) is 0 Å². The van der Waals surface area contributed by atoms with Crippen molar-refractivity contribution in [2.45, 2.75) is 143 Å². The van der Waals surface area contributed by atoms with Crippen LogP contribution in [0.2, 0.25) is 0 Å². The molecule has 2 aromatic carbocycles. The Bertz CT molecular complexity index is 2830. The first-order chi connectivity index (χ1) is 31.8. The first kappa shape index (κ1) is 42.3. The summed E-state index contributed by atoms with van der Waals surface area (Å²) in [6, 6.07) is 16.7. The van der Waals surface area contributed by atoms with E-state index in [2.05, 4.69) is 85.4 Å². The van der Waals surface area contributed by atoms with Crippen molar-refractivity contribution in [3.05, 3.63) is 96.1 Å². The lowest BCUT2D eigenvalue weighted by atomic mass is 9.47. The molecule has 0 aliphatic heterocycles. The Kier molecular flexibility index (Phi) is 9.60. The molecule has 12 rings (SSSR count). The average Bonchev–Trinajstić information content (AvgIpc) is 4.07. The molecule has 2 aromatic heterocycles. The van der Waals surface area contributed by atoms with Crippen molar-refractivity contribution in [3.63, 3.8) is 0 Å². The lowest BCUT2D eigenvalue weighted by Gasteiger charge is -2.59. The van der Waals surface area contributed by atoms with Crippen LogP contribution in [0.25, 0.3) is 33.5 Å². The second kappa shape index (κ2) is 15.0. The van der Waals surface area contributed by atoms with Crippen molar-refractivity contribution in [1.29, 1.82) is 0 Å². The second-order valence-corrected chi connectivity index (χ2v) is 23.1. The van der Waals surface area contributed by atoms with Gasteiger partial charge in [-0.3, -0.25) is 14.4 Å². The first-order valence-corrected chi connectivity index (χ1v) is 25.3. The number of benzene rings is 2. The standard InChI is InChI=1S/C57H66N4O5/c1-35(63)66-57(27-26-54(3)38(30-57)15-17-41-44(54)22-25-56(5)45(41)28-36(32-62)52(56)61-34-59-47-11-7-9-13-49(47)61)31-51(64)65-39-20-23-53(2)37(29-39)14-16-40-42-18-19-50(55(42,4)24-21-43(40)53)60-33-58-46-10-6-8-12-48(46)60/h6-15,19,32-34,39-45H,16-18,20-31H2,1-5H3/t39?,40-,41?,42-,43-,44?,45?,53-,54-,55-,56-,57+/m0/s1. The van der Waals surface area contributed by atoms with Gasteiger partial charge < -0.3 is 18.6 Å². The van der Waals surface area contributed by atoms with Crippen LogP contribution in [0.15, 0.2) is 96.1 Å². The molecule has 8 aliphatic rings. The number of imidazole rings is 2. The summed E-state index contributed by atoms with van der Waals surface area (Å²) in [6.45, 7) is 11.3. The van der Waals surface area contributed by atoms with Crippen molar-refractivity contribution >= 4 is 51.7 Å². The molecule has 2 heterocycles. The maximum atomic E-state index is 14.2. The molecule has 4 aromatic rings. The Morgan fingerprint density at radius 1 is 0.682 bits per heavy atom. The largest absolute Gasteiger partial charge is 0.462 e. The lowest BCUT2D eigenvalue weighted by molar-refractivity contribution is -0.173. The average molecular weight is 887 g/mol. The molecule has 8 aliphatic carbocycles. The fraction of sp³-hybridized carbons (Fsp3) is 0.561. The van der Waals surface area contributed by atoms with Crippen LogP contribution in [0.1, 0.15) is 131 Å². The predicted molar refractivity (Wildman–Crippen MR) is 256 cm³/mol. The molecule has 0 spiro atoms. The molecule has 344 valence electrons. The minimum Gasteiger partial charge on any atom is -0.462 e. The molecule has 9 nitrogen and oxygen atoms in total. The number of aromatic nitrogens is 4. The molecule has 0 radical (unpaired) electrons. The summed E-state index contributed by atoms with van der Waals surface area (Å²) in [6.07, 6.45) is 25.6. The van der Waals surface area contributed by atoms with E-state index >= 15 is 0 Å². The summed E-state index contributed by atoms with van der Waals surface area (Å²) in [5.74, 6) is 2.51. The third-order valence-electron chi connectivity index (χ3n) is 20.2. The third-order valence-corrected chi connectivity index (χ3v) is 20.2. The highest BCUT2D eigenvalue weighted by Crippen LogP contribution is 2.69. The smallest absolute Gasteiger partial charge is 0.310 e. The fourth-order valence-corrected chi connectivity index (χ4v) is 16.9. The summed E-state index contributed by atoms with van der Waals surface area (Å²) < 4.78 is 17.3. The number of allylic oxidation sites excluding steroid dienone is 6. The Hall–Kier alpha value is -5.05. The minimum absolute atomic E-state index is 0.0662. The molecule has 0 amide bonds. The molecule has 9 heteroatoms. The van der Waals surface area contributed by atoms with Crippen molar-refractivity contribution in [1.82, 2.24) is 19.1 Å². The van der Waals surface area contributed by atoms with Gasteiger partial charge in [0.15, 0.2) is 0 Å². The van der Waals surface area contributed by atoms with Crippen LogP contribution < -0.4 is 0 Å². The normalized spacial score (nSPS) is 39.0. The van der Waals surface area contributed by atoms with E-state index in [1.54, 1.807) is 0 Å². The lowest BCUT2D eigenvalue weighted by Crippen LogP contribution is -2.53. The number of carbonyl (C=O) groups is 3. The molecule has 4 fully saturated rings. The first-order valence-electron chi connectivity index (χ1n) is 25.3. The van der Waals surface area contributed by atoms with Gasteiger partial charge in [-0.15, -0.1) is 0 Å². The molecule has 66 heavy (non-hydrogen) atoms. The maximum Gasteiger partial charge on any atom is 0.310 e. The second-order valence-electron chi connectivity index (χ2n) is 23.1. The molecule has 4 unspecified atom stereocenters. The number of aldehydes is 1. The van der Waals surface area contributed by atoms with E-state index in [-0.39, 0.29) is 46.1 Å². The van der Waals surface area contributed by atoms with Crippen LogP contribution in [0.5, 0.6) is 0 Å². The van der Waals surface area contributed by atoms with Crippen molar-refractivity contribution in [2.75, 3.05) is 0 Å². The molecule has 12 atom stereocenters. The predicted octanol–water partition coefficient (Wildman–Crippen LogP) is 12.1. The molecule has 4 saturated carbocycles. The fourth-order valence-electron chi connectivity index (χ4n) is 16.9. The number of hydrogen-bond acceptors (Lipinski definition) is 7. The van der Waals surface area contributed by atoms with Gasteiger partial charge in [-0.05, 0) is 148 Å². The SMILES string of the molecule is CC(=O)O[C@]1(CC(=O)OC2CC[C@@]3(C)C(=CC[C@@H]4[C@@H]3CC[C@]3(C)C(n5cnc6ccccc65)=CC[C@@H]43)C2)CC[C@@]2(C)C(=CCC3C2CC[C@]2(C)C(n4cnc5ccccc54)=C(C=O)CC32)C1. The van der Waals surface area contributed by atoms with Crippen LogP contribution in [-0.4, -0.2) is 49.0 Å². The van der Waals surface area contributed by atoms with E-state index in [1.165, 1.54) is 42.1 Å². The van der Waals surface area contributed by atoms with Gasteiger partial charge in [0.2, 0.25) is 0 Å². The Labute approximate surface area is 389 Å². The van der Waals surface area contributed by atoms with E-state index in [4.69, 9.17) is 19.4 Å². The van der Waals surface area contributed by atoms with Gasteiger partial charge in [0.1, 0.15) is 30.6 Å². The van der Waals surface area contributed by atoms with Gasteiger partial charge in [0.05, 0.1) is 28.5 Å². The molecular formula is C57H66N4O5. The van der Waals surface area contributed by atoms with Gasteiger partial charge in [0, 0.05) is 47.6 Å². The van der Waals surface area contributed by atoms with E-state index in [9.17, 15) is 14.4 Å². The number of rotatable bonds is 7. The van der Waals surface area contributed by atoms with Crippen LogP contribution >= 0.6 is 0 Å². The number of para-hydroxylation sites is 4. The van der Waals surface area contributed by atoms with Crippen molar-refractivity contribution in [3.8, 4) is 0 Å². The monoisotopic (exact) mass is 887 g/mol. The van der Waals surface area contributed by atoms with E-state index in [0.717, 1.165) is 98.3 Å². The van der Waals surface area contributed by atoms with Gasteiger partial charge in [-0.1, -0.05) is 81.3 Å². The number of nitrogens with zero attached hydrogens (tertiary/aromatic N) is 4. The summed E-state index contributed by atoms with van der Waals surface area (Å²) in [7, 11) is 0. The summed E-state index contributed by atoms with van der Waals surface area (Å²) in [5, 5.41) is 0.